The van der Waals surface area contributed by atoms with Gasteiger partial charge in [0.1, 0.15) is 0 Å². The van der Waals surface area contributed by atoms with E-state index in [4.69, 9.17) is 11.6 Å². The lowest BCUT2D eigenvalue weighted by atomic mass is 10.1. The van der Waals surface area contributed by atoms with Gasteiger partial charge in [0.15, 0.2) is 0 Å². The third-order valence-electron chi connectivity index (χ3n) is 3.13. The van der Waals surface area contributed by atoms with Crippen LogP contribution in [-0.4, -0.2) is 48.2 Å². The summed E-state index contributed by atoms with van der Waals surface area (Å²) in [5, 5.41) is 13.4. The van der Waals surface area contributed by atoms with E-state index in [1.165, 1.54) is 0 Å². The van der Waals surface area contributed by atoms with Crippen LogP contribution >= 0.6 is 27.5 Å². The van der Waals surface area contributed by atoms with Crippen molar-refractivity contribution in [3.8, 4) is 0 Å². The molecule has 1 aliphatic rings. The van der Waals surface area contributed by atoms with Gasteiger partial charge in [-0.3, -0.25) is 4.79 Å². The summed E-state index contributed by atoms with van der Waals surface area (Å²) < 4.78 is 0.660. The van der Waals surface area contributed by atoms with Crippen LogP contribution in [0.5, 0.6) is 0 Å². The van der Waals surface area contributed by atoms with E-state index in [1.807, 2.05) is 0 Å². The van der Waals surface area contributed by atoms with Gasteiger partial charge in [-0.15, -0.1) is 0 Å². The Hall–Kier alpha value is -0.620. The number of likely N-dealkylation sites (N-methyl/N-ethyl adjacent to an activating group) is 1. The number of halogens is 2. The minimum Gasteiger partial charge on any atom is -0.390 e. The highest BCUT2D eigenvalue weighted by Crippen LogP contribution is 2.23. The molecule has 0 aliphatic carbocycles. The molecule has 2 N–H and O–H groups in total. The van der Waals surface area contributed by atoms with Crippen LogP contribution in [0.4, 0.5) is 0 Å². The second-order valence-corrected chi connectivity index (χ2v) is 5.62. The summed E-state index contributed by atoms with van der Waals surface area (Å²) in [6.45, 7) is 1.12. The molecular weight excluding hydrogens is 320 g/mol. The second kappa shape index (κ2) is 5.57. The summed E-state index contributed by atoms with van der Waals surface area (Å²) in [5.41, 5.74) is 0.543. The fourth-order valence-corrected chi connectivity index (χ4v) is 2.90. The average molecular weight is 334 g/mol. The van der Waals surface area contributed by atoms with E-state index in [0.717, 1.165) is 0 Å². The first-order valence-electron chi connectivity index (χ1n) is 5.61. The van der Waals surface area contributed by atoms with Crippen LogP contribution in [-0.2, 0) is 0 Å². The molecule has 1 saturated heterocycles. The van der Waals surface area contributed by atoms with Gasteiger partial charge in [0.25, 0.3) is 5.91 Å². The van der Waals surface area contributed by atoms with Gasteiger partial charge in [0, 0.05) is 29.6 Å². The second-order valence-electron chi connectivity index (χ2n) is 4.33. The van der Waals surface area contributed by atoms with Crippen LogP contribution in [0.25, 0.3) is 0 Å². The number of nitrogens with one attached hydrogen (secondary N) is 1. The maximum absolute atomic E-state index is 12.3. The highest BCUT2D eigenvalue weighted by atomic mass is 79.9. The molecule has 18 heavy (non-hydrogen) atoms. The van der Waals surface area contributed by atoms with Crippen molar-refractivity contribution in [2.45, 2.75) is 12.1 Å². The molecule has 0 bridgehead atoms. The van der Waals surface area contributed by atoms with Crippen molar-refractivity contribution in [3.05, 3.63) is 33.3 Å². The quantitative estimate of drug-likeness (QED) is 0.862. The Bertz CT molecular complexity index is 469. The topological polar surface area (TPSA) is 52.6 Å². The molecule has 2 rings (SSSR count). The highest BCUT2D eigenvalue weighted by molar-refractivity contribution is 9.10. The number of carbonyl (C=O) groups excluding carboxylic acids is 1. The van der Waals surface area contributed by atoms with E-state index < -0.39 is 6.10 Å². The van der Waals surface area contributed by atoms with Crippen molar-refractivity contribution in [1.82, 2.24) is 10.2 Å². The maximum Gasteiger partial charge on any atom is 0.255 e. The monoisotopic (exact) mass is 332 g/mol. The molecular formula is C12H14BrClN2O2. The van der Waals surface area contributed by atoms with Gasteiger partial charge in [0.05, 0.1) is 17.7 Å². The minimum atomic E-state index is -0.523. The van der Waals surface area contributed by atoms with Crippen molar-refractivity contribution in [3.63, 3.8) is 0 Å². The highest BCUT2D eigenvalue weighted by Gasteiger charge is 2.32. The van der Waals surface area contributed by atoms with Crippen LogP contribution in [0.2, 0.25) is 5.02 Å². The molecule has 0 saturated carbocycles. The Labute approximate surface area is 119 Å². The summed E-state index contributed by atoms with van der Waals surface area (Å²) in [6.07, 6.45) is -0.523. The molecule has 0 unspecified atom stereocenters. The first-order valence-corrected chi connectivity index (χ1v) is 6.79. The molecule has 0 spiro atoms. The molecule has 4 nitrogen and oxygen atoms in total. The van der Waals surface area contributed by atoms with Crippen LogP contribution < -0.4 is 5.32 Å². The number of benzene rings is 1. The number of aliphatic hydroxyl groups excluding tert-OH is 1. The molecule has 98 valence electrons. The lowest BCUT2D eigenvalue weighted by molar-refractivity contribution is 0.0580. The first-order chi connectivity index (χ1) is 8.50. The van der Waals surface area contributed by atoms with Crippen molar-refractivity contribution in [1.29, 1.82) is 0 Å². The van der Waals surface area contributed by atoms with E-state index in [0.29, 0.717) is 28.1 Å². The standard InChI is InChI=1S/C12H14BrClN2O2/c1-16(10-5-15-6-11(10)17)12(18)8-3-2-7(14)4-9(8)13/h2-4,10-11,15,17H,5-6H2,1H3/t10-,11-/m1/s1. The van der Waals surface area contributed by atoms with Crippen LogP contribution in [0.1, 0.15) is 10.4 Å². The number of aliphatic hydroxyl groups is 1. The molecule has 1 aromatic rings. The molecule has 1 heterocycles. The zero-order chi connectivity index (χ0) is 13.3. The molecule has 1 aromatic carbocycles. The Morgan fingerprint density at radius 2 is 2.28 bits per heavy atom. The molecule has 1 aliphatic heterocycles. The summed E-state index contributed by atoms with van der Waals surface area (Å²) in [7, 11) is 1.70. The van der Waals surface area contributed by atoms with Crippen molar-refractivity contribution >= 4 is 33.4 Å². The maximum atomic E-state index is 12.3. The smallest absolute Gasteiger partial charge is 0.255 e. The van der Waals surface area contributed by atoms with Gasteiger partial charge in [-0.1, -0.05) is 11.6 Å². The minimum absolute atomic E-state index is 0.133. The zero-order valence-electron chi connectivity index (χ0n) is 9.86. The van der Waals surface area contributed by atoms with Crippen LogP contribution in [0, 0.1) is 0 Å². The van der Waals surface area contributed by atoms with Crippen molar-refractivity contribution in [2.24, 2.45) is 0 Å². The fraction of sp³-hybridized carbons (Fsp3) is 0.417. The van der Waals surface area contributed by atoms with E-state index in [-0.39, 0.29) is 11.9 Å². The molecule has 1 amide bonds. The van der Waals surface area contributed by atoms with E-state index >= 15 is 0 Å². The predicted molar refractivity (Wildman–Crippen MR) is 73.9 cm³/mol. The number of nitrogens with zero attached hydrogens (tertiary/aromatic N) is 1. The van der Waals surface area contributed by atoms with Gasteiger partial charge < -0.3 is 15.3 Å². The molecule has 6 heteroatoms. The first kappa shape index (κ1) is 13.8. The van der Waals surface area contributed by atoms with Gasteiger partial charge in [-0.25, -0.2) is 0 Å². The fourth-order valence-electron chi connectivity index (χ4n) is 2.05. The Balaban J connectivity index is 2.20. The number of amides is 1. The van der Waals surface area contributed by atoms with Gasteiger partial charge in [-0.05, 0) is 34.1 Å². The number of hydrogen-bond acceptors (Lipinski definition) is 3. The normalized spacial score (nSPS) is 23.1. The third-order valence-corrected chi connectivity index (χ3v) is 4.02. The number of hydrogen-bond donors (Lipinski definition) is 2. The van der Waals surface area contributed by atoms with Crippen molar-refractivity contribution < 1.29 is 9.90 Å². The molecule has 0 radical (unpaired) electrons. The van der Waals surface area contributed by atoms with Crippen molar-refractivity contribution in [2.75, 3.05) is 20.1 Å². The average Bonchev–Trinajstić information content (AvgIpc) is 2.74. The summed E-state index contributed by atoms with van der Waals surface area (Å²) in [4.78, 5) is 13.9. The zero-order valence-corrected chi connectivity index (χ0v) is 12.2. The Morgan fingerprint density at radius 1 is 1.56 bits per heavy atom. The number of rotatable bonds is 2. The van der Waals surface area contributed by atoms with Crippen LogP contribution in [0.3, 0.4) is 0 Å². The van der Waals surface area contributed by atoms with Gasteiger partial charge >= 0.3 is 0 Å². The predicted octanol–water partition coefficient (Wildman–Crippen LogP) is 1.51. The summed E-state index contributed by atoms with van der Waals surface area (Å²) in [5.74, 6) is -0.133. The lowest BCUT2D eigenvalue weighted by Gasteiger charge is -2.26. The largest absolute Gasteiger partial charge is 0.390 e. The van der Waals surface area contributed by atoms with Gasteiger partial charge in [0.2, 0.25) is 0 Å². The lowest BCUT2D eigenvalue weighted by Crippen LogP contribution is -2.44. The molecule has 0 aromatic heterocycles. The summed E-state index contributed by atoms with van der Waals surface area (Å²) in [6, 6.07) is 4.85. The SMILES string of the molecule is CN(C(=O)c1ccc(Cl)cc1Br)[C@@H]1CNC[C@H]1O. The summed E-state index contributed by atoms with van der Waals surface area (Å²) >= 11 is 9.18. The third kappa shape index (κ3) is 2.69. The Morgan fingerprint density at radius 3 is 2.83 bits per heavy atom. The molecule has 1 fully saturated rings. The van der Waals surface area contributed by atoms with E-state index in [9.17, 15) is 9.90 Å². The van der Waals surface area contributed by atoms with E-state index in [1.54, 1.807) is 30.1 Å². The molecule has 2 atom stereocenters. The number of carbonyl (C=O) groups is 1. The Kier molecular flexibility index (Phi) is 4.27. The van der Waals surface area contributed by atoms with Crippen LogP contribution in [0.15, 0.2) is 22.7 Å². The van der Waals surface area contributed by atoms with Gasteiger partial charge in [-0.2, -0.15) is 0 Å². The van der Waals surface area contributed by atoms with E-state index in [2.05, 4.69) is 21.2 Å². The number of β-amino-alcohol motifs (C(OH)–C–C–N with tert-alkyl or cyclic N) is 1.